The Bertz CT molecular complexity index is 2950. The third kappa shape index (κ3) is 7.27. The Kier molecular flexibility index (Phi) is 10.6. The SMILES string of the molecule is CN(CCCNC(=O)c1nn(-c2ccc(Cl)cc2Cl)c2c1oc1ccsc12)CCCNC(=O)c1nn(-c2ccc(Cl)cc2Cl)c2c1oc1cc(S(=O)(=O)O)sc12. The van der Waals surface area contributed by atoms with Gasteiger partial charge in [0.05, 0.1) is 26.1 Å². The first-order valence-corrected chi connectivity index (χ1v) is 21.4. The van der Waals surface area contributed by atoms with Gasteiger partial charge < -0.3 is 24.4 Å². The molecule has 290 valence electrons. The molecule has 0 saturated carbocycles. The van der Waals surface area contributed by atoms with E-state index in [1.54, 1.807) is 35.0 Å². The minimum Gasteiger partial charge on any atom is -0.451 e. The molecule has 8 aromatic rings. The summed E-state index contributed by atoms with van der Waals surface area (Å²) < 4.78 is 49.1. The summed E-state index contributed by atoms with van der Waals surface area (Å²) >= 11 is 27.5. The van der Waals surface area contributed by atoms with E-state index in [4.69, 9.17) is 55.2 Å². The van der Waals surface area contributed by atoms with Crippen LogP contribution in [0.3, 0.4) is 0 Å². The number of thiophene rings is 2. The zero-order valence-corrected chi connectivity index (χ0v) is 34.3. The van der Waals surface area contributed by atoms with Crippen molar-refractivity contribution in [3.05, 3.63) is 85.4 Å². The minimum atomic E-state index is -4.50. The Balaban J connectivity index is 0.878. The van der Waals surface area contributed by atoms with E-state index in [-0.39, 0.29) is 37.7 Å². The van der Waals surface area contributed by atoms with Crippen LogP contribution in [0.1, 0.15) is 33.8 Å². The van der Waals surface area contributed by atoms with Crippen molar-refractivity contribution in [3.63, 3.8) is 0 Å². The summed E-state index contributed by atoms with van der Waals surface area (Å²) in [6.07, 6.45) is 1.25. The monoisotopic (exact) mass is 893 g/mol. The summed E-state index contributed by atoms with van der Waals surface area (Å²) in [4.78, 5) is 28.9. The second kappa shape index (κ2) is 15.3. The van der Waals surface area contributed by atoms with Gasteiger partial charge in [-0.25, -0.2) is 9.36 Å². The van der Waals surface area contributed by atoms with Crippen LogP contribution in [-0.2, 0) is 10.1 Å². The fourth-order valence-corrected chi connectivity index (χ4v) is 9.82. The largest absolute Gasteiger partial charge is 0.451 e. The van der Waals surface area contributed by atoms with Crippen molar-refractivity contribution in [1.82, 2.24) is 35.1 Å². The number of hydrogen-bond acceptors (Lipinski definition) is 11. The molecule has 6 aromatic heterocycles. The van der Waals surface area contributed by atoms with Crippen molar-refractivity contribution in [1.29, 1.82) is 0 Å². The van der Waals surface area contributed by atoms with E-state index < -0.39 is 16.0 Å². The number of halogens is 4. The minimum absolute atomic E-state index is 0.0281. The van der Waals surface area contributed by atoms with Crippen LogP contribution in [0.25, 0.3) is 54.1 Å². The number of amides is 2. The number of furan rings is 2. The number of fused-ring (bicyclic) bond motifs is 6. The van der Waals surface area contributed by atoms with Crippen LogP contribution < -0.4 is 10.6 Å². The van der Waals surface area contributed by atoms with Gasteiger partial charge in [0, 0.05) is 29.2 Å². The van der Waals surface area contributed by atoms with E-state index in [0.717, 1.165) is 16.0 Å². The average Bonchev–Trinajstić information content (AvgIpc) is 3.97. The molecule has 6 heterocycles. The molecule has 0 atom stereocenters. The van der Waals surface area contributed by atoms with Gasteiger partial charge in [0.15, 0.2) is 26.8 Å². The quantitative estimate of drug-likeness (QED) is 0.0749. The van der Waals surface area contributed by atoms with E-state index in [1.165, 1.54) is 28.2 Å². The molecule has 56 heavy (non-hydrogen) atoms. The van der Waals surface area contributed by atoms with Crippen LogP contribution in [0.2, 0.25) is 20.1 Å². The predicted molar refractivity (Wildman–Crippen MR) is 219 cm³/mol. The number of carbonyl (C=O) groups excluding carboxylic acids is 2. The van der Waals surface area contributed by atoms with Crippen LogP contribution in [0.4, 0.5) is 0 Å². The highest BCUT2D eigenvalue weighted by Crippen LogP contribution is 2.41. The average molecular weight is 896 g/mol. The molecule has 0 fully saturated rings. The third-order valence-corrected chi connectivity index (χ3v) is 13.2. The van der Waals surface area contributed by atoms with Crippen molar-refractivity contribution < 1.29 is 31.4 Å². The van der Waals surface area contributed by atoms with Crippen molar-refractivity contribution in [2.75, 3.05) is 33.2 Å². The molecule has 0 aliphatic rings. The highest BCUT2D eigenvalue weighted by molar-refractivity contribution is 7.88. The van der Waals surface area contributed by atoms with Crippen molar-refractivity contribution in [3.8, 4) is 11.4 Å². The van der Waals surface area contributed by atoms with E-state index >= 15 is 0 Å². The molecule has 0 aliphatic carbocycles. The normalized spacial score (nSPS) is 12.3. The Hall–Kier alpha value is -4.17. The molecule has 21 heteroatoms. The van der Waals surface area contributed by atoms with Gasteiger partial charge in [0.1, 0.15) is 26.9 Å². The summed E-state index contributed by atoms with van der Waals surface area (Å²) in [6, 6.07) is 12.8. The van der Waals surface area contributed by atoms with E-state index in [9.17, 15) is 22.6 Å². The zero-order chi connectivity index (χ0) is 39.5. The Morgan fingerprint density at radius 1 is 0.786 bits per heavy atom. The molecule has 0 radical (unpaired) electrons. The number of carbonyl (C=O) groups is 2. The predicted octanol–water partition coefficient (Wildman–Crippen LogP) is 8.71. The molecule has 0 spiro atoms. The van der Waals surface area contributed by atoms with E-state index in [2.05, 4.69) is 25.7 Å². The summed E-state index contributed by atoms with van der Waals surface area (Å²) in [6.45, 7) is 2.00. The maximum absolute atomic E-state index is 13.4. The molecular formula is C35H27Cl4N7O7S3. The number of benzene rings is 2. The number of aromatic nitrogens is 4. The van der Waals surface area contributed by atoms with Crippen LogP contribution in [0.15, 0.2) is 67.0 Å². The highest BCUT2D eigenvalue weighted by Gasteiger charge is 2.29. The first kappa shape index (κ1) is 38.7. The number of hydrogen-bond donors (Lipinski definition) is 3. The molecular weight excluding hydrogens is 868 g/mol. The molecule has 14 nitrogen and oxygen atoms in total. The lowest BCUT2D eigenvalue weighted by molar-refractivity contribution is 0.0941. The van der Waals surface area contributed by atoms with Crippen LogP contribution in [0, 0.1) is 0 Å². The van der Waals surface area contributed by atoms with Crippen molar-refractivity contribution in [2.24, 2.45) is 0 Å². The molecule has 0 unspecified atom stereocenters. The molecule has 0 bridgehead atoms. The zero-order valence-electron chi connectivity index (χ0n) is 28.8. The fourth-order valence-electron chi connectivity index (χ4n) is 6.22. The first-order chi connectivity index (χ1) is 26.8. The summed E-state index contributed by atoms with van der Waals surface area (Å²) in [5.41, 5.74) is 3.34. The lowest BCUT2D eigenvalue weighted by Crippen LogP contribution is -2.31. The van der Waals surface area contributed by atoms with Crippen LogP contribution >= 0.6 is 69.1 Å². The first-order valence-electron chi connectivity index (χ1n) is 16.8. The van der Waals surface area contributed by atoms with Crippen LogP contribution in [0.5, 0.6) is 0 Å². The summed E-state index contributed by atoms with van der Waals surface area (Å²) in [7, 11) is -2.56. The summed E-state index contributed by atoms with van der Waals surface area (Å²) in [5, 5.41) is 18.3. The molecule has 0 aliphatic heterocycles. The van der Waals surface area contributed by atoms with Crippen molar-refractivity contribution in [2.45, 2.75) is 17.1 Å². The Morgan fingerprint density at radius 2 is 1.30 bits per heavy atom. The lowest BCUT2D eigenvalue weighted by Gasteiger charge is -2.16. The van der Waals surface area contributed by atoms with Crippen LogP contribution in [-0.4, -0.2) is 82.5 Å². The number of rotatable bonds is 13. The maximum Gasteiger partial charge on any atom is 0.304 e. The van der Waals surface area contributed by atoms with Gasteiger partial charge >= 0.3 is 10.1 Å². The van der Waals surface area contributed by atoms with Crippen molar-refractivity contribution >= 4 is 134 Å². The Labute approximate surface area is 345 Å². The molecule has 2 amide bonds. The van der Waals surface area contributed by atoms with E-state index in [1.807, 2.05) is 18.5 Å². The second-order valence-corrected chi connectivity index (χ2v) is 17.9. The van der Waals surface area contributed by atoms with Gasteiger partial charge in [0.25, 0.3) is 11.8 Å². The van der Waals surface area contributed by atoms with Gasteiger partial charge in [-0.2, -0.15) is 18.6 Å². The van der Waals surface area contributed by atoms with E-state index in [0.29, 0.717) is 92.4 Å². The number of nitrogens with one attached hydrogen (secondary N) is 2. The molecule has 3 N–H and O–H groups in total. The van der Waals surface area contributed by atoms with Gasteiger partial charge in [-0.3, -0.25) is 14.1 Å². The highest BCUT2D eigenvalue weighted by atomic mass is 35.5. The topological polar surface area (TPSA) is 178 Å². The number of nitrogens with zero attached hydrogens (tertiary/aromatic N) is 5. The molecule has 2 aromatic carbocycles. The van der Waals surface area contributed by atoms with Gasteiger partial charge in [0.2, 0.25) is 0 Å². The van der Waals surface area contributed by atoms with Gasteiger partial charge in [-0.05, 0) is 80.8 Å². The summed E-state index contributed by atoms with van der Waals surface area (Å²) in [5.74, 6) is -0.886. The van der Waals surface area contributed by atoms with Gasteiger partial charge in [-0.15, -0.1) is 22.7 Å². The molecule has 8 rings (SSSR count). The van der Waals surface area contributed by atoms with Gasteiger partial charge in [-0.1, -0.05) is 46.4 Å². The standard InChI is InChI=1S/C35H27Cl4N7O7S3/c1-44(11-2-9-40-34(47)26-30-28(32-23(52-30)8-13-54-32)45(42-26)21-6-4-17(36)14-19(21)38)12-3-10-41-35(48)27-31-29(33-24(53-31)16-25(55-33)56(49,50)51)46(43-27)22-7-5-18(37)15-20(22)39/h4-8,13-16H,2-3,9-12H2,1H3,(H,40,47)(H,41,48)(H,49,50,51). The fraction of sp³-hybridized carbons (Fsp3) is 0.200. The Morgan fingerprint density at radius 3 is 1.82 bits per heavy atom. The smallest absolute Gasteiger partial charge is 0.304 e. The lowest BCUT2D eigenvalue weighted by atomic mass is 10.3. The third-order valence-electron chi connectivity index (χ3n) is 8.81. The molecule has 0 saturated heterocycles. The second-order valence-electron chi connectivity index (χ2n) is 12.6. The maximum atomic E-state index is 13.4.